The number of thioether (sulfide) groups is 1. The number of carbonyl (C=O) groups excluding carboxylic acids is 1. The zero-order valence-corrected chi connectivity index (χ0v) is 21.7. The van der Waals surface area contributed by atoms with Crippen LogP contribution >= 0.6 is 23.1 Å². The molecule has 2 aromatic heterocycles. The van der Waals surface area contributed by atoms with Crippen LogP contribution in [0.4, 0.5) is 10.1 Å². The fourth-order valence-corrected chi connectivity index (χ4v) is 5.41. The van der Waals surface area contributed by atoms with Crippen LogP contribution in [-0.4, -0.2) is 43.7 Å². The van der Waals surface area contributed by atoms with E-state index in [0.29, 0.717) is 35.4 Å². The van der Waals surface area contributed by atoms with Crippen molar-refractivity contribution in [1.82, 2.24) is 15.3 Å². The van der Waals surface area contributed by atoms with Gasteiger partial charge in [0.05, 0.1) is 11.0 Å². The van der Waals surface area contributed by atoms with Crippen molar-refractivity contribution in [2.24, 2.45) is 0 Å². The maximum atomic E-state index is 13.4. The number of anilines is 1. The van der Waals surface area contributed by atoms with Crippen LogP contribution in [0, 0.1) is 10.1 Å². The lowest BCUT2D eigenvalue weighted by Gasteiger charge is -2.25. The van der Waals surface area contributed by atoms with E-state index in [-0.39, 0.29) is 21.9 Å². The second-order valence-corrected chi connectivity index (χ2v) is 10.4. The maximum absolute atomic E-state index is 13.4. The molecule has 10 nitrogen and oxygen atoms in total. The van der Waals surface area contributed by atoms with Gasteiger partial charge in [0.2, 0.25) is 11.8 Å². The van der Waals surface area contributed by atoms with E-state index in [2.05, 4.69) is 20.6 Å². The zero-order chi connectivity index (χ0) is 26.2. The van der Waals surface area contributed by atoms with Crippen molar-refractivity contribution >= 4 is 50.2 Å². The average molecular weight is 542 g/mol. The quantitative estimate of drug-likeness (QED) is 0.159. The molecule has 0 aliphatic carbocycles. The Hall–Kier alpha value is -3.48. The zero-order valence-electron chi connectivity index (χ0n) is 20.1. The van der Waals surface area contributed by atoms with Gasteiger partial charge in [-0.1, -0.05) is 55.8 Å². The molecule has 3 N–H and O–H groups in total. The number of nitrogens with zero attached hydrogens (tertiary/aromatic N) is 3. The number of fused-ring (bicyclic) bond motifs is 1. The van der Waals surface area contributed by atoms with Crippen molar-refractivity contribution < 1.29 is 19.2 Å². The number of hydrogen-bond acceptors (Lipinski definition) is 10. The average Bonchev–Trinajstić information content (AvgIpc) is 3.55. The van der Waals surface area contributed by atoms with Crippen molar-refractivity contribution in [2.75, 3.05) is 11.1 Å². The van der Waals surface area contributed by atoms with Gasteiger partial charge in [-0.25, -0.2) is 9.97 Å². The number of nitro groups is 1. The van der Waals surface area contributed by atoms with Gasteiger partial charge < -0.3 is 20.2 Å². The lowest BCUT2D eigenvalue weighted by atomic mass is 10.1. The second kappa shape index (κ2) is 12.7. The Morgan fingerprint density at radius 1 is 1.22 bits per heavy atom. The Morgan fingerprint density at radius 2 is 1.97 bits per heavy atom. The number of rotatable bonds is 13. The van der Waals surface area contributed by atoms with Crippen molar-refractivity contribution in [3.8, 4) is 0 Å². The number of hydrogen-bond donors (Lipinski definition) is 3. The molecule has 0 aliphatic rings. The molecule has 2 unspecified atom stereocenters. The first kappa shape index (κ1) is 26.6. The summed E-state index contributed by atoms with van der Waals surface area (Å²) in [6.07, 6.45) is 1.23. The summed E-state index contributed by atoms with van der Waals surface area (Å²) >= 11 is 2.42. The van der Waals surface area contributed by atoms with Crippen molar-refractivity contribution in [3.05, 3.63) is 82.4 Å². The van der Waals surface area contributed by atoms with E-state index in [1.807, 2.05) is 49.4 Å². The first-order chi connectivity index (χ1) is 17.9. The van der Waals surface area contributed by atoms with E-state index in [1.165, 1.54) is 0 Å². The topological polar surface area (TPSA) is 143 Å². The van der Waals surface area contributed by atoms with Crippen LogP contribution in [0.25, 0.3) is 11.1 Å². The number of aliphatic hydroxyl groups excluding tert-OH is 1. The molecule has 0 radical (unpaired) electrons. The molecule has 2 aromatic carbocycles. The Bertz CT molecular complexity index is 1300. The first-order valence-corrected chi connectivity index (χ1v) is 13.7. The number of oxazole rings is 1. The lowest BCUT2D eigenvalue weighted by molar-refractivity contribution is -0.380. The van der Waals surface area contributed by atoms with E-state index in [0.717, 1.165) is 23.1 Å². The van der Waals surface area contributed by atoms with Gasteiger partial charge in [0.15, 0.2) is 16.8 Å². The number of aliphatic hydroxyl groups is 1. The molecular formula is C25H27N5O5S2. The Labute approximate surface area is 221 Å². The van der Waals surface area contributed by atoms with E-state index < -0.39 is 23.1 Å². The summed E-state index contributed by atoms with van der Waals surface area (Å²) in [5.41, 5.74) is 2.30. The largest absolute Gasteiger partial charge is 0.438 e. The van der Waals surface area contributed by atoms with Crippen LogP contribution in [0.1, 0.15) is 37.3 Å². The molecule has 0 spiro atoms. The molecule has 3 atom stereocenters. The van der Waals surface area contributed by atoms with Crippen LogP contribution in [0.15, 0.2) is 65.2 Å². The van der Waals surface area contributed by atoms with Crippen LogP contribution in [-0.2, 0) is 10.5 Å². The predicted molar refractivity (Wildman–Crippen MR) is 145 cm³/mol. The number of nitrogens with one attached hydrogen (secondary N) is 2. The summed E-state index contributed by atoms with van der Waals surface area (Å²) in [7, 11) is 0. The van der Waals surface area contributed by atoms with Crippen LogP contribution < -0.4 is 10.6 Å². The summed E-state index contributed by atoms with van der Waals surface area (Å²) in [6, 6.07) is 15.7. The highest BCUT2D eigenvalue weighted by Gasteiger charge is 2.30. The molecule has 0 bridgehead atoms. The molecular weight excluding hydrogens is 514 g/mol. The molecule has 194 valence electrons. The number of amides is 1. The molecule has 4 aromatic rings. The second-order valence-electron chi connectivity index (χ2n) is 8.33. The number of thiazole rings is 1. The van der Waals surface area contributed by atoms with Crippen LogP contribution in [0.3, 0.4) is 0 Å². The molecule has 0 aliphatic heterocycles. The van der Waals surface area contributed by atoms with Crippen LogP contribution in [0.5, 0.6) is 0 Å². The normalized spacial score (nSPS) is 13.7. The molecule has 0 saturated heterocycles. The summed E-state index contributed by atoms with van der Waals surface area (Å²) in [6.45, 7) is 1.96. The van der Waals surface area contributed by atoms with Gasteiger partial charge >= 0.3 is 5.00 Å². The van der Waals surface area contributed by atoms with Gasteiger partial charge in [-0.2, -0.15) is 11.8 Å². The highest BCUT2D eigenvalue weighted by atomic mass is 32.2. The number of benzene rings is 2. The molecule has 0 fully saturated rings. The van der Waals surface area contributed by atoms with Gasteiger partial charge in [0.1, 0.15) is 17.8 Å². The van der Waals surface area contributed by atoms with Crippen molar-refractivity contribution in [3.63, 3.8) is 0 Å². The molecule has 1 amide bonds. The lowest BCUT2D eigenvalue weighted by Crippen LogP contribution is -2.48. The number of carbonyl (C=O) groups is 1. The fraction of sp³-hybridized carbons (Fsp3) is 0.320. The van der Waals surface area contributed by atoms with E-state index >= 15 is 0 Å². The fourth-order valence-electron chi connectivity index (χ4n) is 3.71. The van der Waals surface area contributed by atoms with Crippen molar-refractivity contribution in [1.29, 1.82) is 0 Å². The Morgan fingerprint density at radius 3 is 2.68 bits per heavy atom. The minimum atomic E-state index is -1.14. The molecule has 0 saturated carbocycles. The Balaban J connectivity index is 1.48. The van der Waals surface area contributed by atoms with Crippen molar-refractivity contribution in [2.45, 2.75) is 43.7 Å². The van der Waals surface area contributed by atoms with Gasteiger partial charge in [-0.15, -0.1) is 0 Å². The van der Waals surface area contributed by atoms with Gasteiger partial charge in [-0.3, -0.25) is 14.9 Å². The third-order valence-electron chi connectivity index (χ3n) is 5.56. The minimum absolute atomic E-state index is 0.117. The molecule has 4 rings (SSSR count). The minimum Gasteiger partial charge on any atom is -0.438 e. The molecule has 2 heterocycles. The van der Waals surface area contributed by atoms with Gasteiger partial charge in [0, 0.05) is 11.5 Å². The third-order valence-corrected chi connectivity index (χ3v) is 7.54. The highest BCUT2D eigenvalue weighted by Crippen LogP contribution is 2.27. The van der Waals surface area contributed by atoms with Gasteiger partial charge in [0.25, 0.3) is 0 Å². The molecule has 37 heavy (non-hydrogen) atoms. The third kappa shape index (κ3) is 7.06. The monoisotopic (exact) mass is 541 g/mol. The molecule has 12 heteroatoms. The van der Waals surface area contributed by atoms with Gasteiger partial charge in [-0.05, 0) is 35.5 Å². The summed E-state index contributed by atoms with van der Waals surface area (Å²) in [4.78, 5) is 32.4. The van der Waals surface area contributed by atoms with E-state index in [1.54, 1.807) is 23.9 Å². The predicted octanol–water partition coefficient (Wildman–Crippen LogP) is 4.92. The summed E-state index contributed by atoms with van der Waals surface area (Å²) < 4.78 is 5.73. The standard InChI is InChI=1S/C25H27N5O5S2/c1-2-8-18(22(31)24-28-17-11-6-7-12-20(17)35-24)27-23(32)19(15-36-14-16-9-4-3-5-10-16)29-25-26-13-21(37-25)30(33)34/h3-7,9-13,18-19,22,31H,2,8,14-15H2,1H3,(H,26,29)(H,27,32)/t18-,19?,22?/m0/s1. The SMILES string of the molecule is CCC[C@H](NC(=O)C(CSCc1ccccc1)Nc1ncc([N+](=O)[O-])s1)C(O)c1nc2ccccc2o1. The van der Waals surface area contributed by atoms with E-state index in [9.17, 15) is 20.0 Å². The number of aromatic nitrogens is 2. The summed E-state index contributed by atoms with van der Waals surface area (Å²) in [5.74, 6) is 0.852. The first-order valence-electron chi connectivity index (χ1n) is 11.8. The smallest absolute Gasteiger partial charge is 0.345 e. The summed E-state index contributed by atoms with van der Waals surface area (Å²) in [5, 5.41) is 28.3. The number of para-hydroxylation sites is 2. The Kier molecular flexibility index (Phi) is 9.09. The van der Waals surface area contributed by atoms with E-state index in [4.69, 9.17) is 4.42 Å². The highest BCUT2D eigenvalue weighted by molar-refractivity contribution is 7.98. The van der Waals surface area contributed by atoms with Crippen LogP contribution in [0.2, 0.25) is 0 Å². The maximum Gasteiger partial charge on any atom is 0.345 e.